The molecule has 58 heavy (non-hydrogen) atoms. The van der Waals surface area contributed by atoms with Crippen LogP contribution in [0.5, 0.6) is 0 Å². The van der Waals surface area contributed by atoms with Gasteiger partial charge in [-0.1, -0.05) is 115 Å². The first-order chi connectivity index (χ1) is 28.8. The highest BCUT2D eigenvalue weighted by Gasteiger charge is 2.27. The maximum Gasteiger partial charge on any atom is 0.238 e. The predicted molar refractivity (Wildman–Crippen MR) is 238 cm³/mol. The first-order valence-electron chi connectivity index (χ1n) is 19.7. The molecule has 0 spiro atoms. The molecule has 0 bridgehead atoms. The van der Waals surface area contributed by atoms with Gasteiger partial charge >= 0.3 is 0 Å². The zero-order valence-corrected chi connectivity index (χ0v) is 30.9. The Kier molecular flexibility index (Phi) is 5.68. The van der Waals surface area contributed by atoms with Crippen molar-refractivity contribution in [1.29, 1.82) is 0 Å². The Morgan fingerprint density at radius 3 is 1.72 bits per heavy atom. The summed E-state index contributed by atoms with van der Waals surface area (Å²) in [6.45, 7) is 0. The van der Waals surface area contributed by atoms with Crippen molar-refractivity contribution in [2.24, 2.45) is 0 Å². The zero-order valence-electron chi connectivity index (χ0n) is 30.9. The van der Waals surface area contributed by atoms with Crippen LogP contribution in [0.1, 0.15) is 0 Å². The summed E-state index contributed by atoms with van der Waals surface area (Å²) in [4.78, 5) is 11.0. The number of hydrogen-bond acceptors (Lipinski definition) is 3. The highest BCUT2D eigenvalue weighted by Crippen LogP contribution is 2.47. The fourth-order valence-corrected chi connectivity index (χ4v) is 10.1. The van der Waals surface area contributed by atoms with Crippen molar-refractivity contribution in [2.45, 2.75) is 0 Å². The first kappa shape index (κ1) is 30.3. The van der Waals surface area contributed by atoms with E-state index in [4.69, 9.17) is 14.4 Å². The topological polar surface area (TPSA) is 53.2 Å². The second kappa shape index (κ2) is 10.9. The number of rotatable bonds is 3. The number of hydrogen-bond donors (Lipinski definition) is 0. The van der Waals surface area contributed by atoms with Crippen molar-refractivity contribution in [2.75, 3.05) is 0 Å². The van der Waals surface area contributed by atoms with E-state index in [9.17, 15) is 0 Å². The summed E-state index contributed by atoms with van der Waals surface area (Å²) < 4.78 is 13.7. The molecule has 0 amide bonds. The molecule has 6 heteroatoms. The van der Waals surface area contributed by atoms with E-state index in [0.29, 0.717) is 11.7 Å². The first-order valence-corrected chi connectivity index (χ1v) is 19.7. The summed E-state index contributed by atoms with van der Waals surface area (Å²) in [6.07, 6.45) is 0. The predicted octanol–water partition coefficient (Wildman–Crippen LogP) is 13.4. The molecule has 0 saturated heterocycles. The maximum absolute atomic E-state index is 6.66. The molecule has 0 aliphatic heterocycles. The number of furan rings is 1. The highest BCUT2D eigenvalue weighted by molar-refractivity contribution is 6.34. The van der Waals surface area contributed by atoms with Gasteiger partial charge in [0.1, 0.15) is 5.58 Å². The van der Waals surface area contributed by atoms with E-state index in [2.05, 4.69) is 177 Å². The van der Waals surface area contributed by atoms with E-state index < -0.39 is 0 Å². The smallest absolute Gasteiger partial charge is 0.238 e. The Hall–Kier alpha value is -7.96. The lowest BCUT2D eigenvalue weighted by atomic mass is 10.0. The van der Waals surface area contributed by atoms with Crippen LogP contribution in [-0.4, -0.2) is 23.5 Å². The van der Waals surface area contributed by atoms with Crippen molar-refractivity contribution in [3.8, 4) is 22.9 Å². The average molecular weight is 740 g/mol. The minimum atomic E-state index is 0.561. The van der Waals surface area contributed by atoms with Gasteiger partial charge in [0.15, 0.2) is 0 Å². The molecule has 8 aromatic carbocycles. The van der Waals surface area contributed by atoms with E-state index in [1.165, 1.54) is 48.9 Å². The highest BCUT2D eigenvalue weighted by atomic mass is 16.3. The van der Waals surface area contributed by atoms with Gasteiger partial charge in [0.2, 0.25) is 11.7 Å². The minimum absolute atomic E-state index is 0.561. The molecule has 0 aliphatic carbocycles. The van der Waals surface area contributed by atoms with Crippen molar-refractivity contribution in [3.63, 3.8) is 0 Å². The molecule has 14 aromatic rings. The summed E-state index contributed by atoms with van der Waals surface area (Å²) in [5.74, 6) is 0.571. The molecule has 6 heterocycles. The third-order valence-electron chi connectivity index (χ3n) is 12.4. The van der Waals surface area contributed by atoms with E-state index in [1.54, 1.807) is 0 Å². The molecule has 6 nitrogen and oxygen atoms in total. The van der Waals surface area contributed by atoms with Crippen molar-refractivity contribution in [1.82, 2.24) is 23.5 Å². The number of benzene rings is 8. The second-order valence-corrected chi connectivity index (χ2v) is 15.3. The maximum atomic E-state index is 6.66. The fraction of sp³-hybridized carbons (Fsp3) is 0. The molecule has 0 saturated carbocycles. The molecule has 6 aromatic heterocycles. The van der Waals surface area contributed by atoms with Crippen LogP contribution in [0.3, 0.4) is 0 Å². The lowest BCUT2D eigenvalue weighted by Crippen LogP contribution is -2.03. The summed E-state index contributed by atoms with van der Waals surface area (Å²) >= 11 is 0. The van der Waals surface area contributed by atoms with Crippen LogP contribution in [0.4, 0.5) is 0 Å². The van der Waals surface area contributed by atoms with Gasteiger partial charge < -0.3 is 13.4 Å². The second-order valence-electron chi connectivity index (χ2n) is 15.3. The minimum Gasteiger partial charge on any atom is -0.437 e. The van der Waals surface area contributed by atoms with Crippen LogP contribution >= 0.6 is 0 Å². The Morgan fingerprint density at radius 1 is 0.379 bits per heavy atom. The standard InChI is InChI=1S/C52H29N5O/c1-2-14-31(15-3-1)55-40-21-9-4-16-32(40)37-28-30(26-27-44(37)55)48-46-36-20-8-13-25-45(36)58-51(46)54-52(53-48)57-42-23-11-6-18-34(42)39-29-38-33-17-5-10-22-41(33)56-43-24-12-7-19-35(43)47(49(38)56)50(39)57/h1-29H. The van der Waals surface area contributed by atoms with Crippen LogP contribution in [-0.2, 0) is 0 Å². The molecule has 0 unspecified atom stereocenters. The van der Waals surface area contributed by atoms with E-state index in [1.807, 2.05) is 12.1 Å². The average Bonchev–Trinajstić information content (AvgIpc) is 4.08. The molecular weight excluding hydrogens is 711 g/mol. The molecule has 0 atom stereocenters. The molecule has 0 radical (unpaired) electrons. The van der Waals surface area contributed by atoms with Gasteiger partial charge in [0.25, 0.3) is 0 Å². The quantitative estimate of drug-likeness (QED) is 0.181. The van der Waals surface area contributed by atoms with Crippen LogP contribution in [0.15, 0.2) is 180 Å². The molecule has 0 aliphatic rings. The number of aromatic nitrogens is 5. The SMILES string of the molecule is c1ccc(-n2c3ccccc3c3cc(-c4nc(-n5c6ccccc6c6cc7c8ccccc8n8c9ccccc9c(c65)c78)nc5oc6ccccc6c45)ccc32)cc1. The van der Waals surface area contributed by atoms with Gasteiger partial charge in [-0.2, -0.15) is 4.98 Å². The van der Waals surface area contributed by atoms with E-state index in [0.717, 1.165) is 66.1 Å². The summed E-state index contributed by atoms with van der Waals surface area (Å²) in [5.41, 5.74) is 12.4. The van der Waals surface area contributed by atoms with Gasteiger partial charge in [-0.05, 0) is 60.7 Å². The van der Waals surface area contributed by atoms with Crippen molar-refractivity contribution < 1.29 is 4.42 Å². The fourth-order valence-electron chi connectivity index (χ4n) is 10.1. The van der Waals surface area contributed by atoms with Gasteiger partial charge in [-0.25, -0.2) is 4.98 Å². The number of fused-ring (bicyclic) bond motifs is 16. The molecular formula is C52H29N5O. The molecule has 14 rings (SSSR count). The molecule has 268 valence electrons. The van der Waals surface area contributed by atoms with E-state index >= 15 is 0 Å². The monoisotopic (exact) mass is 739 g/mol. The van der Waals surface area contributed by atoms with E-state index in [-0.39, 0.29) is 0 Å². The Labute approximate surface area is 329 Å². The van der Waals surface area contributed by atoms with Gasteiger partial charge in [0.05, 0.1) is 49.7 Å². The Balaban J connectivity index is 1.13. The summed E-state index contributed by atoms with van der Waals surface area (Å²) in [7, 11) is 0. The van der Waals surface area contributed by atoms with Crippen molar-refractivity contribution >= 4 is 104 Å². The van der Waals surface area contributed by atoms with Crippen LogP contribution in [0.25, 0.3) is 127 Å². The lowest BCUT2D eigenvalue weighted by Gasteiger charge is -2.11. The third kappa shape index (κ3) is 3.76. The van der Waals surface area contributed by atoms with Crippen LogP contribution < -0.4 is 0 Å². The number of nitrogens with zero attached hydrogens (tertiary/aromatic N) is 5. The summed E-state index contributed by atoms with van der Waals surface area (Å²) in [6, 6.07) is 62.7. The molecule has 0 N–H and O–H groups in total. The Morgan fingerprint density at radius 2 is 0.948 bits per heavy atom. The number of para-hydroxylation sites is 6. The molecule has 0 fully saturated rings. The Bertz CT molecular complexity index is 4030. The third-order valence-corrected chi connectivity index (χ3v) is 12.4. The van der Waals surface area contributed by atoms with Crippen LogP contribution in [0.2, 0.25) is 0 Å². The zero-order chi connectivity index (χ0) is 37.6. The largest absolute Gasteiger partial charge is 0.437 e. The summed E-state index contributed by atoms with van der Waals surface area (Å²) in [5, 5.41) is 11.5. The van der Waals surface area contributed by atoms with Crippen molar-refractivity contribution in [3.05, 3.63) is 176 Å². The van der Waals surface area contributed by atoms with Gasteiger partial charge in [-0.15, -0.1) is 0 Å². The van der Waals surface area contributed by atoms with Gasteiger partial charge in [0, 0.05) is 59.7 Å². The van der Waals surface area contributed by atoms with Gasteiger partial charge in [-0.3, -0.25) is 4.57 Å². The normalized spacial score (nSPS) is 12.5. The van der Waals surface area contributed by atoms with Crippen LogP contribution in [0, 0.1) is 0 Å². The lowest BCUT2D eigenvalue weighted by molar-refractivity contribution is 0.651.